The number of aliphatic hydroxyl groups excluding tert-OH is 1. The van der Waals surface area contributed by atoms with Gasteiger partial charge in [0, 0.05) is 55.4 Å². The summed E-state index contributed by atoms with van der Waals surface area (Å²) in [6.45, 7) is 13.9. The minimum Gasteiger partial charge on any atom is -0.432 e. The molecule has 3 aliphatic heterocycles. The van der Waals surface area contributed by atoms with Crippen LogP contribution < -0.4 is 15.1 Å². The summed E-state index contributed by atoms with van der Waals surface area (Å²) in [6.07, 6.45) is 5.33. The molecule has 0 unspecified atom stereocenters. The summed E-state index contributed by atoms with van der Waals surface area (Å²) in [4.78, 5) is 58.8. The van der Waals surface area contributed by atoms with Crippen molar-refractivity contribution in [3.8, 4) is 0 Å². The molecule has 0 aliphatic carbocycles. The summed E-state index contributed by atoms with van der Waals surface area (Å²) in [7, 11) is -3.03. The third-order valence-corrected chi connectivity index (χ3v) is 12.9. The van der Waals surface area contributed by atoms with Gasteiger partial charge in [0.2, 0.25) is 11.8 Å². The minimum atomic E-state index is -3.03. The number of allylic oxidation sites excluding steroid dienone is 3. The van der Waals surface area contributed by atoms with Crippen molar-refractivity contribution in [3.05, 3.63) is 83.0 Å². The Labute approximate surface area is 297 Å². The highest BCUT2D eigenvalue weighted by atomic mass is 28.4. The number of aliphatic hydroxyl groups is 1. The van der Waals surface area contributed by atoms with Crippen LogP contribution in [0.2, 0.25) is 18.6 Å². The Hall–Kier alpha value is -3.61. The zero-order valence-electron chi connectivity index (χ0n) is 30.4. The summed E-state index contributed by atoms with van der Waals surface area (Å²) in [5, 5.41) is 13.0. The highest BCUT2D eigenvalue weighted by molar-refractivity contribution is 6.71. The van der Waals surface area contributed by atoms with Crippen LogP contribution in [-0.4, -0.2) is 86.3 Å². The van der Waals surface area contributed by atoms with Gasteiger partial charge in [-0.2, -0.15) is 0 Å². The van der Waals surface area contributed by atoms with Gasteiger partial charge in [-0.05, 0) is 70.5 Å². The highest BCUT2D eigenvalue weighted by Gasteiger charge is 2.66. The van der Waals surface area contributed by atoms with Gasteiger partial charge in [0.15, 0.2) is 13.9 Å². The number of nitrogens with one attached hydrogen (secondary N) is 1. The molecular weight excluding hydrogens is 649 g/mol. The number of anilines is 2. The van der Waals surface area contributed by atoms with Crippen molar-refractivity contribution < 1.29 is 29.0 Å². The van der Waals surface area contributed by atoms with Gasteiger partial charge in [-0.3, -0.25) is 14.4 Å². The number of rotatable bonds is 13. The molecule has 0 aromatic heterocycles. The summed E-state index contributed by atoms with van der Waals surface area (Å²) in [5.74, 6) is -0.931. The monoisotopic (exact) mass is 702 g/mol. The number of carbonyl (C=O) groups is 3. The molecule has 11 heteroatoms. The SMILES string of the molecule is CC(C)=CCC/C(C)=C/CN1C(=O)[C@]2(O[C@H](CC(=O)N(CCO)Cc3ccccc3)[C@@H]([Si](C)(C)O)[C@@H]2C)c2cc(N3CCNCC3=O)ccc21. The smallest absolute Gasteiger partial charge is 0.264 e. The maximum absolute atomic E-state index is 14.9. The molecule has 0 radical (unpaired) electrons. The second kappa shape index (κ2) is 15.7. The van der Waals surface area contributed by atoms with E-state index < -0.39 is 31.5 Å². The molecular formula is C39H54N4O6Si. The van der Waals surface area contributed by atoms with Crippen molar-refractivity contribution in [1.29, 1.82) is 0 Å². The molecule has 3 N–H and O–H groups in total. The minimum absolute atomic E-state index is 0.0391. The van der Waals surface area contributed by atoms with Crippen molar-refractivity contribution >= 4 is 37.4 Å². The van der Waals surface area contributed by atoms with Crippen LogP contribution in [-0.2, 0) is 31.3 Å². The Morgan fingerprint density at radius 1 is 1.12 bits per heavy atom. The third kappa shape index (κ3) is 7.82. The lowest BCUT2D eigenvalue weighted by atomic mass is 9.82. The number of piperazine rings is 1. The second-order valence-corrected chi connectivity index (χ2v) is 18.8. The lowest BCUT2D eigenvalue weighted by Crippen LogP contribution is -2.48. The molecule has 2 aromatic rings. The molecule has 10 nitrogen and oxygen atoms in total. The van der Waals surface area contributed by atoms with Crippen molar-refractivity contribution in [2.45, 2.75) is 83.8 Å². The van der Waals surface area contributed by atoms with E-state index in [0.717, 1.165) is 24.1 Å². The first-order valence-electron chi connectivity index (χ1n) is 17.9. The number of hydrogen-bond donors (Lipinski definition) is 3. The second-order valence-electron chi connectivity index (χ2n) is 14.8. The maximum atomic E-state index is 14.9. The molecule has 2 fully saturated rings. The van der Waals surface area contributed by atoms with Crippen molar-refractivity contribution in [3.63, 3.8) is 0 Å². The number of benzene rings is 2. The van der Waals surface area contributed by atoms with Crippen molar-refractivity contribution in [2.24, 2.45) is 5.92 Å². The molecule has 2 aromatic carbocycles. The molecule has 4 atom stereocenters. The number of ether oxygens (including phenoxy) is 1. The fraction of sp³-hybridized carbons (Fsp3) is 0.513. The van der Waals surface area contributed by atoms with Crippen LogP contribution in [0.25, 0.3) is 0 Å². The van der Waals surface area contributed by atoms with Crippen LogP contribution in [0.5, 0.6) is 0 Å². The van der Waals surface area contributed by atoms with Gasteiger partial charge >= 0.3 is 0 Å². The van der Waals surface area contributed by atoms with E-state index >= 15 is 0 Å². The van der Waals surface area contributed by atoms with E-state index in [1.54, 1.807) is 14.7 Å². The quantitative estimate of drug-likeness (QED) is 0.201. The van der Waals surface area contributed by atoms with Crippen molar-refractivity contribution in [1.82, 2.24) is 10.2 Å². The molecule has 3 heterocycles. The summed E-state index contributed by atoms with van der Waals surface area (Å²) in [6, 6.07) is 15.3. The van der Waals surface area contributed by atoms with E-state index in [0.29, 0.717) is 37.4 Å². The van der Waals surface area contributed by atoms with E-state index in [1.807, 2.05) is 68.5 Å². The summed E-state index contributed by atoms with van der Waals surface area (Å²) in [5.41, 5.74) is 3.58. The predicted octanol–water partition coefficient (Wildman–Crippen LogP) is 4.87. The van der Waals surface area contributed by atoms with Gasteiger partial charge in [-0.15, -0.1) is 0 Å². The zero-order valence-corrected chi connectivity index (χ0v) is 31.4. The van der Waals surface area contributed by atoms with Crippen LogP contribution in [0.15, 0.2) is 71.8 Å². The van der Waals surface area contributed by atoms with E-state index in [-0.39, 0.29) is 43.8 Å². The Morgan fingerprint density at radius 2 is 1.86 bits per heavy atom. The molecule has 3 amide bonds. The average molecular weight is 703 g/mol. The third-order valence-electron chi connectivity index (χ3n) is 10.4. The van der Waals surface area contributed by atoms with Gasteiger partial charge in [-0.1, -0.05) is 60.6 Å². The molecule has 270 valence electrons. The first kappa shape index (κ1) is 37.6. The number of carbonyl (C=O) groups excluding carboxylic acids is 3. The number of amides is 3. The van der Waals surface area contributed by atoms with E-state index in [2.05, 4.69) is 38.2 Å². The molecule has 3 aliphatic rings. The number of hydrogen-bond acceptors (Lipinski definition) is 7. The molecule has 50 heavy (non-hydrogen) atoms. The molecule has 5 rings (SSSR count). The fourth-order valence-corrected chi connectivity index (χ4v) is 10.5. The molecule has 0 bridgehead atoms. The Kier molecular flexibility index (Phi) is 11.8. The van der Waals surface area contributed by atoms with Crippen LogP contribution >= 0.6 is 0 Å². The molecule has 0 saturated carbocycles. The van der Waals surface area contributed by atoms with Gasteiger partial charge < -0.3 is 34.7 Å². The predicted molar refractivity (Wildman–Crippen MR) is 199 cm³/mol. The molecule has 2 saturated heterocycles. The number of nitrogens with zero attached hydrogens (tertiary/aromatic N) is 3. The Morgan fingerprint density at radius 3 is 2.52 bits per heavy atom. The number of fused-ring (bicyclic) bond motifs is 2. The summed E-state index contributed by atoms with van der Waals surface area (Å²) >= 11 is 0. The lowest BCUT2D eigenvalue weighted by molar-refractivity contribution is -0.149. The van der Waals surface area contributed by atoms with Gasteiger partial charge in [0.1, 0.15) is 0 Å². The van der Waals surface area contributed by atoms with Gasteiger partial charge in [0.05, 0.1) is 31.4 Å². The Balaban J connectivity index is 1.53. The topological polar surface area (TPSA) is 123 Å². The zero-order chi connectivity index (χ0) is 36.2. The van der Waals surface area contributed by atoms with Crippen LogP contribution in [0.3, 0.4) is 0 Å². The van der Waals surface area contributed by atoms with E-state index in [9.17, 15) is 24.3 Å². The van der Waals surface area contributed by atoms with Crippen molar-refractivity contribution in [2.75, 3.05) is 49.1 Å². The Bertz CT molecular complexity index is 1620. The highest BCUT2D eigenvalue weighted by Crippen LogP contribution is 2.60. The van der Waals surface area contributed by atoms with Crippen LogP contribution in [0.4, 0.5) is 11.4 Å². The summed E-state index contributed by atoms with van der Waals surface area (Å²) < 4.78 is 6.98. The van der Waals surface area contributed by atoms with Crippen LogP contribution in [0, 0.1) is 5.92 Å². The first-order chi connectivity index (χ1) is 23.8. The largest absolute Gasteiger partial charge is 0.432 e. The van der Waals surface area contributed by atoms with E-state index in [1.165, 1.54) is 11.1 Å². The normalized spacial score (nSPS) is 23.8. The van der Waals surface area contributed by atoms with Gasteiger partial charge in [0.25, 0.3) is 5.91 Å². The lowest BCUT2D eigenvalue weighted by Gasteiger charge is -2.33. The van der Waals surface area contributed by atoms with Gasteiger partial charge in [-0.25, -0.2) is 0 Å². The fourth-order valence-electron chi connectivity index (χ4n) is 7.95. The molecule has 1 spiro atoms. The maximum Gasteiger partial charge on any atom is 0.264 e. The van der Waals surface area contributed by atoms with Crippen LogP contribution in [0.1, 0.15) is 58.1 Å². The standard InChI is InChI=1S/C39H54N4O6Si/c1-27(2)11-10-12-28(3)17-19-43-33-16-15-31(42-20-18-40-25-36(42)46)23-32(33)39(38(43)47)29(4)37(50(5,6)48)34(49-39)24-35(45)41(21-22-44)26-30-13-8-7-9-14-30/h7-9,11,13-17,23,29,34,37,40,44,48H,10,12,18-22,24-26H2,1-6H3/b28-17+/t29-,34+,37-,39+/m0/s1. The van der Waals surface area contributed by atoms with E-state index in [4.69, 9.17) is 4.74 Å². The first-order valence-corrected chi connectivity index (χ1v) is 20.9. The average Bonchev–Trinajstić information content (AvgIpc) is 3.49.